The molecule has 0 amide bonds. The third-order valence-electron chi connectivity index (χ3n) is 3.57. The Morgan fingerprint density at radius 2 is 2.00 bits per heavy atom. The lowest BCUT2D eigenvalue weighted by Gasteiger charge is -2.07. The predicted octanol–water partition coefficient (Wildman–Crippen LogP) is 4.10. The summed E-state index contributed by atoms with van der Waals surface area (Å²) < 4.78 is 5.69. The second-order valence-corrected chi connectivity index (χ2v) is 5.49. The van der Waals surface area contributed by atoms with E-state index in [1.807, 2.05) is 13.0 Å². The summed E-state index contributed by atoms with van der Waals surface area (Å²) in [6, 6.07) is 6.10. The standard InChI is InChI=1S/C17H24N4O.HI/c1-5-6-16-20-13(4)15(22-16)10-19-17(18)21-14-8-7-11(2)12(3)9-14;/h7-9H,5-6,10H2,1-4H3,(H3,18,19,21);1H. The number of halogens is 1. The van der Waals surface area contributed by atoms with Crippen LogP contribution in [-0.4, -0.2) is 10.9 Å². The van der Waals surface area contributed by atoms with Crippen molar-refractivity contribution in [1.82, 2.24) is 4.98 Å². The van der Waals surface area contributed by atoms with Crippen molar-refractivity contribution < 1.29 is 4.42 Å². The number of guanidine groups is 1. The zero-order valence-electron chi connectivity index (χ0n) is 14.1. The molecule has 3 N–H and O–H groups in total. The number of rotatable bonds is 5. The fourth-order valence-electron chi connectivity index (χ4n) is 2.12. The maximum absolute atomic E-state index is 5.93. The van der Waals surface area contributed by atoms with Crippen LogP contribution in [0.2, 0.25) is 0 Å². The summed E-state index contributed by atoms with van der Waals surface area (Å²) in [4.78, 5) is 8.71. The van der Waals surface area contributed by atoms with Crippen molar-refractivity contribution in [3.05, 3.63) is 46.7 Å². The van der Waals surface area contributed by atoms with Gasteiger partial charge in [-0.05, 0) is 50.5 Å². The van der Waals surface area contributed by atoms with Gasteiger partial charge >= 0.3 is 0 Å². The molecule has 2 rings (SSSR count). The van der Waals surface area contributed by atoms with Gasteiger partial charge in [0.1, 0.15) is 12.3 Å². The molecule has 0 spiro atoms. The van der Waals surface area contributed by atoms with E-state index in [0.29, 0.717) is 12.5 Å². The highest BCUT2D eigenvalue weighted by Gasteiger charge is 2.08. The first-order valence-corrected chi connectivity index (χ1v) is 7.59. The summed E-state index contributed by atoms with van der Waals surface area (Å²) in [5, 5.41) is 3.10. The smallest absolute Gasteiger partial charge is 0.194 e. The van der Waals surface area contributed by atoms with E-state index in [1.54, 1.807) is 0 Å². The molecule has 0 radical (unpaired) electrons. The monoisotopic (exact) mass is 428 g/mol. The number of nitrogens with one attached hydrogen (secondary N) is 1. The minimum atomic E-state index is 0. The molecule has 0 bridgehead atoms. The molecular weight excluding hydrogens is 403 g/mol. The number of hydrogen-bond acceptors (Lipinski definition) is 3. The Kier molecular flexibility index (Phi) is 7.54. The van der Waals surface area contributed by atoms with Gasteiger partial charge in [0.15, 0.2) is 11.9 Å². The van der Waals surface area contributed by atoms with Crippen molar-refractivity contribution in [3.63, 3.8) is 0 Å². The van der Waals surface area contributed by atoms with Gasteiger partial charge in [0, 0.05) is 12.1 Å². The van der Waals surface area contributed by atoms with Crippen molar-refractivity contribution in [2.24, 2.45) is 10.7 Å². The van der Waals surface area contributed by atoms with Crippen molar-refractivity contribution >= 4 is 35.6 Å². The zero-order chi connectivity index (χ0) is 16.1. The van der Waals surface area contributed by atoms with Gasteiger partial charge in [0.05, 0.1) is 5.69 Å². The van der Waals surface area contributed by atoms with Crippen LogP contribution in [-0.2, 0) is 13.0 Å². The second-order valence-electron chi connectivity index (χ2n) is 5.49. The zero-order valence-corrected chi connectivity index (χ0v) is 16.5. The lowest BCUT2D eigenvalue weighted by atomic mass is 10.1. The maximum Gasteiger partial charge on any atom is 0.194 e. The molecule has 5 nitrogen and oxygen atoms in total. The number of aryl methyl sites for hydroxylation is 4. The highest BCUT2D eigenvalue weighted by molar-refractivity contribution is 14.0. The fourth-order valence-corrected chi connectivity index (χ4v) is 2.12. The summed E-state index contributed by atoms with van der Waals surface area (Å²) in [6.45, 7) is 8.58. The normalized spacial score (nSPS) is 11.2. The highest BCUT2D eigenvalue weighted by atomic mass is 127. The Balaban J connectivity index is 0.00000264. The molecule has 0 fully saturated rings. The Labute approximate surface area is 154 Å². The molecular formula is C17H25IN4O. The first-order chi connectivity index (χ1) is 10.5. The third-order valence-corrected chi connectivity index (χ3v) is 3.57. The molecule has 0 atom stereocenters. The van der Waals surface area contributed by atoms with Gasteiger partial charge in [-0.1, -0.05) is 13.0 Å². The van der Waals surface area contributed by atoms with Gasteiger partial charge in [-0.15, -0.1) is 24.0 Å². The van der Waals surface area contributed by atoms with Crippen LogP contribution >= 0.6 is 24.0 Å². The topological polar surface area (TPSA) is 76.4 Å². The average Bonchev–Trinajstić information content (AvgIpc) is 2.81. The number of anilines is 1. The molecule has 0 aliphatic carbocycles. The molecule has 0 saturated carbocycles. The molecule has 6 heteroatoms. The Morgan fingerprint density at radius 1 is 1.26 bits per heavy atom. The quantitative estimate of drug-likeness (QED) is 0.427. The van der Waals surface area contributed by atoms with E-state index in [4.69, 9.17) is 10.2 Å². The minimum absolute atomic E-state index is 0. The van der Waals surface area contributed by atoms with Gasteiger partial charge in [-0.3, -0.25) is 0 Å². The molecule has 0 unspecified atom stereocenters. The average molecular weight is 428 g/mol. The Morgan fingerprint density at radius 3 is 2.65 bits per heavy atom. The number of aliphatic imine (C=N–C) groups is 1. The van der Waals surface area contributed by atoms with Crippen LogP contribution in [0.1, 0.15) is 41.8 Å². The van der Waals surface area contributed by atoms with E-state index in [0.717, 1.165) is 35.9 Å². The van der Waals surface area contributed by atoms with E-state index in [9.17, 15) is 0 Å². The number of aromatic nitrogens is 1. The maximum atomic E-state index is 5.93. The third kappa shape index (κ3) is 5.53. The van der Waals surface area contributed by atoms with E-state index in [1.165, 1.54) is 11.1 Å². The van der Waals surface area contributed by atoms with Gasteiger partial charge in [0.25, 0.3) is 0 Å². The van der Waals surface area contributed by atoms with Crippen LogP contribution in [0.25, 0.3) is 0 Å². The Hall–Kier alpha value is -1.57. The summed E-state index contributed by atoms with van der Waals surface area (Å²) >= 11 is 0. The molecule has 2 aromatic rings. The first kappa shape index (κ1) is 19.5. The molecule has 0 saturated heterocycles. The number of oxazole rings is 1. The van der Waals surface area contributed by atoms with Crippen LogP contribution in [0.4, 0.5) is 5.69 Å². The van der Waals surface area contributed by atoms with E-state index in [2.05, 4.69) is 48.2 Å². The van der Waals surface area contributed by atoms with Crippen molar-refractivity contribution in [2.75, 3.05) is 5.32 Å². The first-order valence-electron chi connectivity index (χ1n) is 7.59. The van der Waals surface area contributed by atoms with Gasteiger partial charge in [-0.2, -0.15) is 0 Å². The van der Waals surface area contributed by atoms with Crippen LogP contribution in [0, 0.1) is 20.8 Å². The minimum Gasteiger partial charge on any atom is -0.443 e. The summed E-state index contributed by atoms with van der Waals surface area (Å²) in [5.74, 6) is 1.91. The summed E-state index contributed by atoms with van der Waals surface area (Å²) in [6.07, 6.45) is 1.86. The summed E-state index contributed by atoms with van der Waals surface area (Å²) in [5.41, 5.74) is 10.2. The van der Waals surface area contributed by atoms with E-state index in [-0.39, 0.29) is 24.0 Å². The van der Waals surface area contributed by atoms with Crippen molar-refractivity contribution in [3.8, 4) is 0 Å². The van der Waals surface area contributed by atoms with E-state index >= 15 is 0 Å². The van der Waals surface area contributed by atoms with Crippen LogP contribution in [0.3, 0.4) is 0 Å². The number of nitrogens with zero attached hydrogens (tertiary/aromatic N) is 2. The molecule has 0 aliphatic heterocycles. The Bertz CT molecular complexity index is 679. The lowest BCUT2D eigenvalue weighted by molar-refractivity contribution is 0.453. The van der Waals surface area contributed by atoms with Gasteiger partial charge < -0.3 is 15.5 Å². The van der Waals surface area contributed by atoms with Crippen LogP contribution in [0.5, 0.6) is 0 Å². The molecule has 1 aromatic carbocycles. The number of hydrogen-bond donors (Lipinski definition) is 2. The highest BCUT2D eigenvalue weighted by Crippen LogP contribution is 2.15. The molecule has 126 valence electrons. The van der Waals surface area contributed by atoms with Gasteiger partial charge in [-0.25, -0.2) is 9.98 Å². The SMILES string of the molecule is CCCc1nc(C)c(CN=C(N)Nc2ccc(C)c(C)c2)o1.I. The molecule has 1 aromatic heterocycles. The van der Waals surface area contributed by atoms with Crippen LogP contribution < -0.4 is 11.1 Å². The summed E-state index contributed by atoms with van der Waals surface area (Å²) in [7, 11) is 0. The van der Waals surface area contributed by atoms with Gasteiger partial charge in [0.2, 0.25) is 0 Å². The second kappa shape index (κ2) is 8.90. The lowest BCUT2D eigenvalue weighted by Crippen LogP contribution is -2.22. The molecule has 23 heavy (non-hydrogen) atoms. The fraction of sp³-hybridized carbons (Fsp3) is 0.412. The predicted molar refractivity (Wildman–Crippen MR) is 106 cm³/mol. The van der Waals surface area contributed by atoms with Crippen molar-refractivity contribution in [2.45, 2.75) is 47.1 Å². The molecule has 0 aliphatic rings. The van der Waals surface area contributed by atoms with Crippen molar-refractivity contribution in [1.29, 1.82) is 0 Å². The van der Waals surface area contributed by atoms with Crippen LogP contribution in [0.15, 0.2) is 27.6 Å². The number of nitrogens with two attached hydrogens (primary N) is 1. The largest absolute Gasteiger partial charge is 0.443 e. The molecule has 1 heterocycles. The number of benzene rings is 1. The van der Waals surface area contributed by atoms with E-state index < -0.39 is 0 Å².